The maximum atomic E-state index is 13.5. The van der Waals surface area contributed by atoms with Gasteiger partial charge in [-0.2, -0.15) is 0 Å². The standard InChI is InChI=1S/C23H16N4O6S/c28-22-17-5-1-2-6-18(17)23(29)25(22)14-13-21-24-19-7-3-4-8-20(19)26(21)34(32,33)16-11-9-15(10-12-16)27(30)31/h1-12H,13-14H2. The number of rotatable bonds is 6. The van der Waals surface area contributed by atoms with Crippen molar-refractivity contribution in [1.29, 1.82) is 0 Å². The summed E-state index contributed by atoms with van der Waals surface area (Å²) in [6, 6.07) is 17.7. The molecule has 34 heavy (non-hydrogen) atoms. The van der Waals surface area contributed by atoms with Crippen molar-refractivity contribution in [3.8, 4) is 0 Å². The maximum absolute atomic E-state index is 13.5. The molecular formula is C23H16N4O6S. The average Bonchev–Trinajstić information content (AvgIpc) is 3.33. The lowest BCUT2D eigenvalue weighted by atomic mass is 10.1. The van der Waals surface area contributed by atoms with Crippen LogP contribution in [0.4, 0.5) is 5.69 Å². The number of hydrogen-bond donors (Lipinski definition) is 0. The van der Waals surface area contributed by atoms with E-state index in [1.165, 1.54) is 0 Å². The Bertz CT molecular complexity index is 1560. The second-order valence-corrected chi connectivity index (χ2v) is 9.38. The van der Waals surface area contributed by atoms with Crippen LogP contribution in [0.2, 0.25) is 0 Å². The number of para-hydroxylation sites is 2. The first kappa shape index (κ1) is 21.5. The minimum absolute atomic E-state index is 0.00758. The predicted octanol–water partition coefficient (Wildman–Crippen LogP) is 3.02. The highest BCUT2D eigenvalue weighted by Crippen LogP contribution is 2.27. The van der Waals surface area contributed by atoms with E-state index in [4.69, 9.17) is 0 Å². The fourth-order valence-electron chi connectivity index (χ4n) is 3.98. The van der Waals surface area contributed by atoms with Crippen molar-refractivity contribution in [2.45, 2.75) is 11.3 Å². The van der Waals surface area contributed by atoms with Crippen molar-refractivity contribution in [3.63, 3.8) is 0 Å². The van der Waals surface area contributed by atoms with Gasteiger partial charge in [0.15, 0.2) is 0 Å². The molecule has 1 aromatic heterocycles. The van der Waals surface area contributed by atoms with Crippen LogP contribution in [-0.2, 0) is 16.4 Å². The molecule has 0 unspecified atom stereocenters. The quantitative estimate of drug-likeness (QED) is 0.237. The van der Waals surface area contributed by atoms with Crippen molar-refractivity contribution in [2.24, 2.45) is 0 Å². The summed E-state index contributed by atoms with van der Waals surface area (Å²) < 4.78 is 28.1. The zero-order valence-electron chi connectivity index (χ0n) is 17.5. The summed E-state index contributed by atoms with van der Waals surface area (Å²) in [6.45, 7) is -0.0640. The number of carbonyl (C=O) groups excluding carboxylic acids is 2. The van der Waals surface area contributed by atoms with Crippen LogP contribution in [-0.4, -0.2) is 45.6 Å². The lowest BCUT2D eigenvalue weighted by Gasteiger charge is -2.15. The van der Waals surface area contributed by atoms with Crippen LogP contribution in [0, 0.1) is 10.1 Å². The number of benzene rings is 3. The first-order valence-corrected chi connectivity index (χ1v) is 11.6. The molecule has 2 heterocycles. The SMILES string of the molecule is O=C1c2ccccc2C(=O)N1CCc1nc2ccccc2n1S(=O)(=O)c1ccc([N+](=O)[O-])cc1. The Labute approximate surface area is 193 Å². The van der Waals surface area contributed by atoms with E-state index < -0.39 is 26.8 Å². The van der Waals surface area contributed by atoms with E-state index in [9.17, 15) is 28.1 Å². The molecule has 1 aliphatic rings. The number of nitro benzene ring substituents is 1. The monoisotopic (exact) mass is 476 g/mol. The second-order valence-electron chi connectivity index (χ2n) is 7.59. The van der Waals surface area contributed by atoms with Gasteiger partial charge in [0.25, 0.3) is 27.5 Å². The Morgan fingerprint density at radius 3 is 2.06 bits per heavy atom. The number of amides is 2. The van der Waals surface area contributed by atoms with Crippen LogP contribution in [0.25, 0.3) is 11.0 Å². The number of fused-ring (bicyclic) bond motifs is 2. The fourth-order valence-corrected chi connectivity index (χ4v) is 5.49. The summed E-state index contributed by atoms with van der Waals surface area (Å²) in [5.41, 5.74) is 1.11. The van der Waals surface area contributed by atoms with E-state index in [-0.39, 0.29) is 29.4 Å². The topological polar surface area (TPSA) is 132 Å². The largest absolute Gasteiger partial charge is 0.274 e. The molecule has 0 aliphatic carbocycles. The predicted molar refractivity (Wildman–Crippen MR) is 121 cm³/mol. The zero-order chi connectivity index (χ0) is 24.0. The molecule has 0 saturated heterocycles. The van der Waals surface area contributed by atoms with Gasteiger partial charge in [0.05, 0.1) is 32.0 Å². The number of aromatic nitrogens is 2. The second kappa shape index (κ2) is 7.89. The van der Waals surface area contributed by atoms with Crippen LogP contribution in [0.5, 0.6) is 0 Å². The van der Waals surface area contributed by atoms with E-state index in [0.29, 0.717) is 22.2 Å². The van der Waals surface area contributed by atoms with E-state index >= 15 is 0 Å². The summed E-state index contributed by atoms with van der Waals surface area (Å²) in [5.74, 6) is -0.751. The number of imide groups is 1. The van der Waals surface area contributed by atoms with Crippen LogP contribution < -0.4 is 0 Å². The van der Waals surface area contributed by atoms with Crippen molar-refractivity contribution in [1.82, 2.24) is 13.9 Å². The minimum atomic E-state index is -4.18. The third-order valence-corrected chi connectivity index (χ3v) is 7.36. The zero-order valence-corrected chi connectivity index (χ0v) is 18.3. The Morgan fingerprint density at radius 2 is 1.44 bits per heavy atom. The van der Waals surface area contributed by atoms with Crippen LogP contribution in [0.1, 0.15) is 26.5 Å². The first-order valence-electron chi connectivity index (χ1n) is 10.2. The van der Waals surface area contributed by atoms with Gasteiger partial charge < -0.3 is 0 Å². The van der Waals surface area contributed by atoms with Crippen molar-refractivity contribution >= 4 is 38.6 Å². The molecule has 0 radical (unpaired) electrons. The molecule has 3 aromatic carbocycles. The molecule has 10 nitrogen and oxygen atoms in total. The fraction of sp³-hybridized carbons (Fsp3) is 0.0870. The number of non-ortho nitro benzene ring substituents is 1. The van der Waals surface area contributed by atoms with E-state index in [1.54, 1.807) is 48.5 Å². The smallest absolute Gasteiger partial charge is 0.269 e. The molecule has 170 valence electrons. The Balaban J connectivity index is 1.53. The summed E-state index contributed by atoms with van der Waals surface area (Å²) in [5, 5.41) is 10.9. The third-order valence-electron chi connectivity index (χ3n) is 5.61. The molecular weight excluding hydrogens is 460 g/mol. The van der Waals surface area contributed by atoms with Gasteiger partial charge in [0.2, 0.25) is 0 Å². The minimum Gasteiger partial charge on any atom is -0.274 e. The number of nitro groups is 1. The highest BCUT2D eigenvalue weighted by Gasteiger charge is 2.35. The number of imidazole rings is 1. The van der Waals surface area contributed by atoms with E-state index in [1.807, 2.05) is 0 Å². The van der Waals surface area contributed by atoms with E-state index in [0.717, 1.165) is 33.1 Å². The van der Waals surface area contributed by atoms with Gasteiger partial charge in [-0.1, -0.05) is 24.3 Å². The summed E-state index contributed by atoms with van der Waals surface area (Å²) >= 11 is 0. The van der Waals surface area contributed by atoms with Crippen molar-refractivity contribution in [2.75, 3.05) is 6.54 Å². The maximum Gasteiger partial charge on any atom is 0.269 e. The van der Waals surface area contributed by atoms with Crippen molar-refractivity contribution in [3.05, 3.63) is 99.9 Å². The van der Waals surface area contributed by atoms with Gasteiger partial charge in [-0.15, -0.1) is 0 Å². The Morgan fingerprint density at radius 1 is 0.853 bits per heavy atom. The van der Waals surface area contributed by atoms with Gasteiger partial charge in [-0.3, -0.25) is 24.6 Å². The summed E-state index contributed by atoms with van der Waals surface area (Å²) in [6.07, 6.45) is -0.00758. The molecule has 0 atom stereocenters. The highest BCUT2D eigenvalue weighted by molar-refractivity contribution is 7.90. The van der Waals surface area contributed by atoms with Crippen molar-refractivity contribution < 1.29 is 22.9 Å². The van der Waals surface area contributed by atoms with Gasteiger partial charge in [0.1, 0.15) is 5.82 Å². The molecule has 0 fully saturated rings. The lowest BCUT2D eigenvalue weighted by Crippen LogP contribution is -2.32. The number of nitrogens with zero attached hydrogens (tertiary/aromatic N) is 4. The van der Waals surface area contributed by atoms with Gasteiger partial charge in [0, 0.05) is 25.1 Å². The van der Waals surface area contributed by atoms with Crippen LogP contribution in [0.3, 0.4) is 0 Å². The van der Waals surface area contributed by atoms with Crippen LogP contribution in [0.15, 0.2) is 77.7 Å². The molecule has 0 bridgehead atoms. The molecule has 0 saturated carbocycles. The highest BCUT2D eigenvalue weighted by atomic mass is 32.2. The normalized spacial score (nSPS) is 13.5. The first-order chi connectivity index (χ1) is 16.3. The Kier molecular flexibility index (Phi) is 4.98. The van der Waals surface area contributed by atoms with Gasteiger partial charge in [-0.25, -0.2) is 17.4 Å². The summed E-state index contributed by atoms with van der Waals surface area (Å²) in [4.78, 5) is 41.1. The molecule has 0 spiro atoms. The molecule has 0 N–H and O–H groups in total. The number of carbonyl (C=O) groups is 2. The third kappa shape index (κ3) is 3.33. The van der Waals surface area contributed by atoms with Crippen LogP contribution >= 0.6 is 0 Å². The molecule has 5 rings (SSSR count). The lowest BCUT2D eigenvalue weighted by molar-refractivity contribution is -0.384. The number of hydrogen-bond acceptors (Lipinski definition) is 7. The molecule has 11 heteroatoms. The molecule has 4 aromatic rings. The summed E-state index contributed by atoms with van der Waals surface area (Å²) in [7, 11) is -4.18. The molecule has 2 amide bonds. The van der Waals surface area contributed by atoms with Gasteiger partial charge >= 0.3 is 0 Å². The Hall–Kier alpha value is -4.38. The molecule has 1 aliphatic heterocycles. The average molecular weight is 476 g/mol. The van der Waals surface area contributed by atoms with Gasteiger partial charge in [-0.05, 0) is 36.4 Å². The van der Waals surface area contributed by atoms with E-state index in [2.05, 4.69) is 4.98 Å².